The molecule has 1 unspecified atom stereocenters. The van der Waals surface area contributed by atoms with Gasteiger partial charge in [-0.2, -0.15) is 0 Å². The summed E-state index contributed by atoms with van der Waals surface area (Å²) in [7, 11) is -3.79. The third-order valence-corrected chi connectivity index (χ3v) is 15.6. The van der Waals surface area contributed by atoms with Gasteiger partial charge in [-0.3, -0.25) is 10.1 Å². The molecule has 1 N–H and O–H groups in total. The van der Waals surface area contributed by atoms with Crippen molar-refractivity contribution < 1.29 is 18.4 Å². The van der Waals surface area contributed by atoms with Gasteiger partial charge in [0.2, 0.25) is 0 Å². The van der Waals surface area contributed by atoms with Gasteiger partial charge in [0.1, 0.15) is 18.2 Å². The van der Waals surface area contributed by atoms with Crippen molar-refractivity contribution in [2.45, 2.75) is 102 Å². The second-order valence-electron chi connectivity index (χ2n) is 10.6. The Kier molecular flexibility index (Phi) is 5.43. The van der Waals surface area contributed by atoms with Crippen molar-refractivity contribution in [2.75, 3.05) is 6.61 Å². The van der Waals surface area contributed by atoms with Crippen LogP contribution in [0.1, 0.15) is 41.5 Å². The first-order valence-electron chi connectivity index (χ1n) is 9.35. The largest absolute Gasteiger partial charge is 0.457 e. The van der Waals surface area contributed by atoms with Crippen LogP contribution in [0.3, 0.4) is 0 Å². The molecule has 0 amide bonds. The van der Waals surface area contributed by atoms with Gasteiger partial charge in [-0.05, 0) is 36.3 Å². The molecule has 4 atom stereocenters. The third-order valence-electron chi connectivity index (χ3n) is 6.62. The van der Waals surface area contributed by atoms with E-state index in [0.29, 0.717) is 6.61 Å². The maximum absolute atomic E-state index is 12.1. The van der Waals surface area contributed by atoms with Gasteiger partial charge in [0.25, 0.3) is 0 Å². The minimum absolute atomic E-state index is 0.0200. The molecule has 2 heterocycles. The molecule has 0 aromatic carbocycles. The standard InChI is InChI=1S/C18H37NO4Si2/c1-17(2,3)24(7,8)21-11-12-14-15(13(19-12)16(20)22-14)23-25(9,10)18(4,5)6/h12-15,19H,11H2,1-10H3/t12-,13-,14+,15?/m0/s1. The van der Waals surface area contributed by atoms with Crippen LogP contribution in [0.25, 0.3) is 0 Å². The zero-order chi connectivity index (χ0) is 19.4. The third kappa shape index (κ3) is 4.05. The van der Waals surface area contributed by atoms with Crippen molar-refractivity contribution >= 4 is 22.6 Å². The first-order chi connectivity index (χ1) is 11.1. The summed E-state index contributed by atoms with van der Waals surface area (Å²) in [6.45, 7) is 22.8. The van der Waals surface area contributed by atoms with Gasteiger partial charge in [0.05, 0.1) is 12.6 Å². The lowest BCUT2D eigenvalue weighted by molar-refractivity contribution is -0.148. The Balaban J connectivity index is 2.06. The number of carbonyl (C=O) groups excluding carboxylic acids is 1. The average Bonchev–Trinajstić information content (AvgIpc) is 2.86. The van der Waals surface area contributed by atoms with E-state index in [0.717, 1.165) is 0 Å². The zero-order valence-corrected chi connectivity index (χ0v) is 19.6. The summed E-state index contributed by atoms with van der Waals surface area (Å²) in [5, 5.41) is 3.68. The van der Waals surface area contributed by atoms with Crippen LogP contribution in [-0.4, -0.2) is 53.5 Å². The molecule has 146 valence electrons. The van der Waals surface area contributed by atoms with Crippen molar-refractivity contribution in [3.63, 3.8) is 0 Å². The molecule has 7 heteroatoms. The molecule has 2 bridgehead atoms. The van der Waals surface area contributed by atoms with Gasteiger partial charge in [-0.15, -0.1) is 0 Å². The zero-order valence-electron chi connectivity index (χ0n) is 17.6. The summed E-state index contributed by atoms with van der Waals surface area (Å²) in [4.78, 5) is 12.1. The predicted octanol–water partition coefficient (Wildman–Crippen LogP) is 3.66. The van der Waals surface area contributed by atoms with Crippen molar-refractivity contribution in [3.05, 3.63) is 0 Å². The van der Waals surface area contributed by atoms with Crippen LogP contribution in [0.15, 0.2) is 0 Å². The van der Waals surface area contributed by atoms with Gasteiger partial charge in [0.15, 0.2) is 16.6 Å². The second kappa shape index (κ2) is 6.44. The number of hydrogen-bond donors (Lipinski definition) is 1. The Morgan fingerprint density at radius 1 is 1.00 bits per heavy atom. The van der Waals surface area contributed by atoms with Crippen LogP contribution < -0.4 is 5.32 Å². The fourth-order valence-corrected chi connectivity index (χ4v) is 5.04. The van der Waals surface area contributed by atoms with Crippen LogP contribution in [0, 0.1) is 0 Å². The molecule has 25 heavy (non-hydrogen) atoms. The van der Waals surface area contributed by atoms with Crippen molar-refractivity contribution in [1.82, 2.24) is 5.32 Å². The summed E-state index contributed by atoms with van der Waals surface area (Å²) >= 11 is 0. The Labute approximate surface area is 155 Å². The van der Waals surface area contributed by atoms with Crippen molar-refractivity contribution in [3.8, 4) is 0 Å². The number of esters is 1. The first kappa shape index (κ1) is 21.1. The van der Waals surface area contributed by atoms with E-state index >= 15 is 0 Å². The van der Waals surface area contributed by atoms with E-state index in [4.69, 9.17) is 13.6 Å². The molecule has 0 aliphatic carbocycles. The molecule has 0 aromatic heterocycles. The van der Waals surface area contributed by atoms with Gasteiger partial charge < -0.3 is 13.6 Å². The summed E-state index contributed by atoms with van der Waals surface area (Å²) in [6, 6.07) is -0.335. The fourth-order valence-electron chi connectivity index (χ4n) is 2.71. The average molecular weight is 388 g/mol. The van der Waals surface area contributed by atoms with Gasteiger partial charge in [0, 0.05) is 0 Å². The minimum atomic E-state index is -1.97. The molecule has 2 aliphatic heterocycles. The van der Waals surface area contributed by atoms with Gasteiger partial charge >= 0.3 is 5.97 Å². The highest BCUT2D eigenvalue weighted by Gasteiger charge is 2.58. The summed E-state index contributed by atoms with van der Waals surface area (Å²) < 4.78 is 18.5. The topological polar surface area (TPSA) is 56.8 Å². The van der Waals surface area contributed by atoms with Gasteiger partial charge in [-0.25, -0.2) is 0 Å². The Morgan fingerprint density at radius 3 is 2.00 bits per heavy atom. The van der Waals surface area contributed by atoms with Crippen molar-refractivity contribution in [2.24, 2.45) is 0 Å². The van der Waals surface area contributed by atoms with Gasteiger partial charge in [-0.1, -0.05) is 41.5 Å². The number of morpholine rings is 1. The lowest BCUT2D eigenvalue weighted by Crippen LogP contribution is -2.50. The highest BCUT2D eigenvalue weighted by molar-refractivity contribution is 6.74. The lowest BCUT2D eigenvalue weighted by Gasteiger charge is -2.39. The van der Waals surface area contributed by atoms with Crippen LogP contribution in [0.5, 0.6) is 0 Å². The quantitative estimate of drug-likeness (QED) is 0.576. The normalized spacial score (nSPS) is 30.7. The molecule has 2 saturated heterocycles. The fraction of sp³-hybridized carbons (Fsp3) is 0.944. The maximum Gasteiger partial charge on any atom is 0.326 e. The van der Waals surface area contributed by atoms with E-state index in [9.17, 15) is 4.79 Å². The molecule has 2 aliphatic rings. The molecule has 2 rings (SSSR count). The second-order valence-corrected chi connectivity index (χ2v) is 20.1. The maximum atomic E-state index is 12.1. The summed E-state index contributed by atoms with van der Waals surface area (Å²) in [6.07, 6.45) is -0.433. The predicted molar refractivity (Wildman–Crippen MR) is 106 cm³/mol. The van der Waals surface area contributed by atoms with Crippen LogP contribution >= 0.6 is 0 Å². The molecular formula is C18H37NO4Si2. The number of hydrogen-bond acceptors (Lipinski definition) is 5. The van der Waals surface area contributed by atoms with Crippen molar-refractivity contribution in [1.29, 1.82) is 0 Å². The number of fused-ring (bicyclic) bond motifs is 2. The number of ether oxygens (including phenoxy) is 1. The van der Waals surface area contributed by atoms with Crippen LogP contribution in [0.4, 0.5) is 0 Å². The van der Waals surface area contributed by atoms with E-state index in [1.165, 1.54) is 0 Å². The molecule has 5 nitrogen and oxygen atoms in total. The van der Waals surface area contributed by atoms with E-state index in [-0.39, 0.29) is 40.3 Å². The highest BCUT2D eigenvalue weighted by Crippen LogP contribution is 2.41. The van der Waals surface area contributed by atoms with Crippen LogP contribution in [0.2, 0.25) is 36.3 Å². The monoisotopic (exact) mass is 387 g/mol. The Bertz CT molecular complexity index is 522. The SMILES string of the molecule is CC(C)(C)[Si](C)(C)OC[C@@H]1N[C@@H]2C(=O)O[C@H]1C2O[Si](C)(C)C(C)(C)C. The molecule has 0 saturated carbocycles. The Morgan fingerprint density at radius 2 is 1.52 bits per heavy atom. The number of carbonyl (C=O) groups is 1. The number of rotatable bonds is 5. The first-order valence-corrected chi connectivity index (χ1v) is 15.2. The van der Waals surface area contributed by atoms with E-state index in [1.807, 2.05) is 0 Å². The smallest absolute Gasteiger partial charge is 0.326 e. The lowest BCUT2D eigenvalue weighted by atomic mass is 10.1. The van der Waals surface area contributed by atoms with Crippen LogP contribution in [-0.2, 0) is 18.4 Å². The summed E-state index contributed by atoms with van der Waals surface area (Å²) in [5.74, 6) is -0.183. The molecule has 2 fully saturated rings. The molecule has 0 radical (unpaired) electrons. The molecular weight excluding hydrogens is 350 g/mol. The van der Waals surface area contributed by atoms with E-state index in [2.05, 4.69) is 73.0 Å². The minimum Gasteiger partial charge on any atom is -0.457 e. The molecule has 0 spiro atoms. The number of nitrogens with one attached hydrogen (secondary N) is 1. The van der Waals surface area contributed by atoms with E-state index < -0.39 is 16.6 Å². The van der Waals surface area contributed by atoms with E-state index in [1.54, 1.807) is 0 Å². The molecule has 0 aromatic rings. The summed E-state index contributed by atoms with van der Waals surface area (Å²) in [5.41, 5.74) is 0. The highest BCUT2D eigenvalue weighted by atomic mass is 28.4. The Hall–Kier alpha value is -0.216.